The van der Waals surface area contributed by atoms with Crippen LogP contribution in [0.4, 0.5) is 10.5 Å². The first-order valence-electron chi connectivity index (χ1n) is 10.2. The minimum Gasteiger partial charge on any atom is -0.496 e. The lowest BCUT2D eigenvalue weighted by Crippen LogP contribution is -2.20. The Balaban J connectivity index is 1.54. The smallest absolute Gasteiger partial charge is 0.411 e. The van der Waals surface area contributed by atoms with Crippen molar-refractivity contribution in [1.82, 2.24) is 9.55 Å². The average molecular weight is 423 g/mol. The summed E-state index contributed by atoms with van der Waals surface area (Å²) < 4.78 is 17.7. The van der Waals surface area contributed by atoms with Crippen LogP contribution in [0.3, 0.4) is 0 Å². The van der Waals surface area contributed by atoms with Gasteiger partial charge in [0.15, 0.2) is 0 Å². The third-order valence-electron chi connectivity index (χ3n) is 5.49. The highest BCUT2D eigenvalue weighted by atomic mass is 16.6. The number of imidazole rings is 1. The highest BCUT2D eigenvalue weighted by Gasteiger charge is 2.19. The number of hydrogen-bond donors (Lipinski definition) is 1. The highest BCUT2D eigenvalue weighted by molar-refractivity contribution is 5.90. The molecule has 1 saturated carbocycles. The zero-order valence-corrected chi connectivity index (χ0v) is 17.6. The van der Waals surface area contributed by atoms with Crippen LogP contribution in [0.25, 0.3) is 11.0 Å². The number of nitrogens with one attached hydrogen (secondary N) is 1. The third-order valence-corrected chi connectivity index (χ3v) is 5.49. The second kappa shape index (κ2) is 9.07. The molecule has 1 aliphatic rings. The maximum Gasteiger partial charge on any atom is 0.411 e. The number of benzene rings is 2. The van der Waals surface area contributed by atoms with Crippen molar-refractivity contribution in [3.63, 3.8) is 0 Å². The van der Waals surface area contributed by atoms with E-state index in [1.807, 2.05) is 22.8 Å². The molecule has 8 nitrogen and oxygen atoms in total. The molecule has 1 heterocycles. The van der Waals surface area contributed by atoms with Gasteiger partial charge in [-0.3, -0.25) is 5.32 Å². The largest absolute Gasteiger partial charge is 0.496 e. The number of anilines is 1. The topological polar surface area (TPSA) is 91.7 Å². The summed E-state index contributed by atoms with van der Waals surface area (Å²) in [6.07, 6.45) is 5.37. The zero-order valence-electron chi connectivity index (χ0n) is 17.6. The quantitative estimate of drug-likeness (QED) is 0.592. The monoisotopic (exact) mass is 423 g/mol. The second-order valence-corrected chi connectivity index (χ2v) is 7.53. The summed E-state index contributed by atoms with van der Waals surface area (Å²) in [6.45, 7) is 0.483. The predicted molar refractivity (Wildman–Crippen MR) is 116 cm³/mol. The van der Waals surface area contributed by atoms with Gasteiger partial charge >= 0.3 is 12.1 Å². The zero-order chi connectivity index (χ0) is 21.8. The van der Waals surface area contributed by atoms with Crippen molar-refractivity contribution in [2.45, 2.75) is 38.3 Å². The summed E-state index contributed by atoms with van der Waals surface area (Å²) in [4.78, 5) is 28.4. The van der Waals surface area contributed by atoms with E-state index in [1.165, 1.54) is 7.11 Å². The summed E-state index contributed by atoms with van der Waals surface area (Å²) in [5.41, 5.74) is 3.61. The average Bonchev–Trinajstić information content (AvgIpc) is 3.43. The number of rotatable bonds is 6. The fourth-order valence-electron chi connectivity index (χ4n) is 3.87. The Hall–Kier alpha value is -3.55. The molecule has 1 aliphatic carbocycles. The van der Waals surface area contributed by atoms with Crippen LogP contribution in [0.5, 0.6) is 5.75 Å². The minimum atomic E-state index is -0.433. The Morgan fingerprint density at radius 1 is 1.13 bits per heavy atom. The minimum absolute atomic E-state index is 0.00897. The Morgan fingerprint density at radius 3 is 2.68 bits per heavy atom. The molecule has 162 valence electrons. The van der Waals surface area contributed by atoms with Gasteiger partial charge in [0.1, 0.15) is 11.9 Å². The summed E-state index contributed by atoms with van der Waals surface area (Å²) in [5, 5.41) is 2.81. The van der Waals surface area contributed by atoms with Gasteiger partial charge in [0.2, 0.25) is 0 Å². The molecule has 1 fully saturated rings. The molecule has 8 heteroatoms. The number of methoxy groups -OCH3 is 2. The summed E-state index contributed by atoms with van der Waals surface area (Å²) in [7, 11) is 2.90. The van der Waals surface area contributed by atoms with Gasteiger partial charge in [0.05, 0.1) is 43.7 Å². The normalized spacial score (nSPS) is 13.9. The van der Waals surface area contributed by atoms with Crippen LogP contribution in [-0.2, 0) is 16.0 Å². The number of nitrogens with zero attached hydrogens (tertiary/aromatic N) is 2. The van der Waals surface area contributed by atoms with E-state index < -0.39 is 12.1 Å². The Bertz CT molecular complexity index is 1100. The molecular weight excluding hydrogens is 398 g/mol. The van der Waals surface area contributed by atoms with Gasteiger partial charge in [-0.1, -0.05) is 6.07 Å². The van der Waals surface area contributed by atoms with E-state index in [-0.39, 0.29) is 6.10 Å². The fourth-order valence-corrected chi connectivity index (χ4v) is 3.87. The van der Waals surface area contributed by atoms with E-state index in [9.17, 15) is 9.59 Å². The van der Waals surface area contributed by atoms with E-state index in [2.05, 4.69) is 10.3 Å². The summed E-state index contributed by atoms with van der Waals surface area (Å²) >= 11 is 0. The molecule has 3 aromatic rings. The predicted octanol–water partition coefficient (Wildman–Crippen LogP) is 4.37. The number of hydrogen-bond acceptors (Lipinski definition) is 6. The van der Waals surface area contributed by atoms with Crippen LogP contribution in [-0.4, -0.2) is 41.9 Å². The molecule has 31 heavy (non-hydrogen) atoms. The van der Waals surface area contributed by atoms with Gasteiger partial charge in [0, 0.05) is 11.3 Å². The molecule has 0 unspecified atom stereocenters. The van der Waals surface area contributed by atoms with Crippen LogP contribution in [0.2, 0.25) is 0 Å². The number of carbonyl (C=O) groups excluding carboxylic acids is 2. The van der Waals surface area contributed by atoms with E-state index in [0.29, 0.717) is 23.5 Å². The second-order valence-electron chi connectivity index (χ2n) is 7.53. The molecule has 0 bridgehead atoms. The maximum atomic E-state index is 12.2. The van der Waals surface area contributed by atoms with Crippen molar-refractivity contribution in [1.29, 1.82) is 0 Å². The molecule has 0 radical (unpaired) electrons. The number of aromatic nitrogens is 2. The van der Waals surface area contributed by atoms with Crippen molar-refractivity contribution in [3.05, 3.63) is 53.9 Å². The fraction of sp³-hybridized carbons (Fsp3) is 0.348. The molecule has 1 aromatic heterocycles. The molecule has 0 saturated heterocycles. The molecule has 0 spiro atoms. The van der Waals surface area contributed by atoms with Gasteiger partial charge in [0.25, 0.3) is 0 Å². The van der Waals surface area contributed by atoms with Crippen molar-refractivity contribution in [2.24, 2.45) is 0 Å². The van der Waals surface area contributed by atoms with Crippen molar-refractivity contribution in [3.8, 4) is 5.75 Å². The number of esters is 1. The lowest BCUT2D eigenvalue weighted by molar-refractivity contribution is 0.0600. The summed E-state index contributed by atoms with van der Waals surface area (Å²) in [5.74, 6) is 0.164. The first-order chi connectivity index (χ1) is 15.1. The molecular formula is C23H25N3O5. The SMILES string of the molecule is COC(=O)c1ccc(Cn2cnc3ccc(NC(=O)OC4CCCC4)cc32)c(OC)c1. The molecule has 4 rings (SSSR count). The van der Waals surface area contributed by atoms with Gasteiger partial charge in [-0.2, -0.15) is 0 Å². The van der Waals surface area contributed by atoms with Gasteiger partial charge in [-0.05, 0) is 56.0 Å². The Kier molecular flexibility index (Phi) is 6.06. The van der Waals surface area contributed by atoms with E-state index >= 15 is 0 Å². The van der Waals surface area contributed by atoms with Gasteiger partial charge in [-0.15, -0.1) is 0 Å². The Morgan fingerprint density at radius 2 is 1.94 bits per heavy atom. The van der Waals surface area contributed by atoms with E-state index in [0.717, 1.165) is 42.3 Å². The lowest BCUT2D eigenvalue weighted by Gasteiger charge is -2.13. The standard InChI is InChI=1S/C23H25N3O5/c1-29-21-11-15(22(27)30-2)7-8-16(21)13-26-14-24-19-10-9-17(12-20(19)26)25-23(28)31-18-5-3-4-6-18/h7-12,14,18H,3-6,13H2,1-2H3,(H,25,28). The van der Waals surface area contributed by atoms with Crippen LogP contribution >= 0.6 is 0 Å². The molecule has 1 N–H and O–H groups in total. The number of carbonyl (C=O) groups is 2. The van der Waals surface area contributed by atoms with Gasteiger partial charge < -0.3 is 18.8 Å². The van der Waals surface area contributed by atoms with Crippen molar-refractivity contribution in [2.75, 3.05) is 19.5 Å². The number of ether oxygens (including phenoxy) is 3. The van der Waals surface area contributed by atoms with Crippen LogP contribution in [0, 0.1) is 0 Å². The Labute approximate surface area is 180 Å². The number of amides is 1. The summed E-state index contributed by atoms with van der Waals surface area (Å²) in [6, 6.07) is 10.7. The van der Waals surface area contributed by atoms with Gasteiger partial charge in [-0.25, -0.2) is 14.6 Å². The lowest BCUT2D eigenvalue weighted by atomic mass is 10.1. The van der Waals surface area contributed by atoms with Crippen LogP contribution < -0.4 is 10.1 Å². The highest BCUT2D eigenvalue weighted by Crippen LogP contribution is 2.26. The number of fused-ring (bicyclic) bond motifs is 1. The molecule has 0 atom stereocenters. The van der Waals surface area contributed by atoms with E-state index in [1.54, 1.807) is 31.6 Å². The van der Waals surface area contributed by atoms with Crippen LogP contribution in [0.15, 0.2) is 42.7 Å². The first-order valence-corrected chi connectivity index (χ1v) is 10.2. The molecule has 1 amide bonds. The molecule has 0 aliphatic heterocycles. The third kappa shape index (κ3) is 4.63. The molecule has 2 aromatic carbocycles. The van der Waals surface area contributed by atoms with Crippen molar-refractivity contribution >= 4 is 28.8 Å². The van der Waals surface area contributed by atoms with Crippen molar-refractivity contribution < 1.29 is 23.8 Å². The first kappa shape index (κ1) is 20.7. The maximum absolute atomic E-state index is 12.2. The van der Waals surface area contributed by atoms with E-state index in [4.69, 9.17) is 14.2 Å². The van der Waals surface area contributed by atoms with Crippen LogP contribution in [0.1, 0.15) is 41.6 Å².